The Balaban J connectivity index is 1.78. The number of hydrogen-bond donors (Lipinski definition) is 1. The summed E-state index contributed by atoms with van der Waals surface area (Å²) in [7, 11) is -2.20. The Hall–Kier alpha value is -2.22. The van der Waals surface area contributed by atoms with Crippen LogP contribution in [0.2, 0.25) is 0 Å². The third kappa shape index (κ3) is 3.48. The summed E-state index contributed by atoms with van der Waals surface area (Å²) in [5, 5.41) is 4.65. The molecular weight excluding hydrogens is 328 g/mol. The molecule has 8 heteroatoms. The molecule has 1 aliphatic rings. The van der Waals surface area contributed by atoms with Gasteiger partial charge in [0.25, 0.3) is 10.0 Å². The maximum Gasteiger partial charge on any atom is 0.265 e. The fourth-order valence-electron chi connectivity index (χ4n) is 2.87. The van der Waals surface area contributed by atoms with Crippen LogP contribution < -0.4 is 4.72 Å². The molecule has 1 atom stereocenters. The second-order valence-corrected chi connectivity index (χ2v) is 7.68. The molecule has 0 bridgehead atoms. The molecule has 128 valence electrons. The fourth-order valence-corrected chi connectivity index (χ4v) is 3.89. The number of sulfonamides is 1. The predicted octanol–water partition coefficient (Wildman–Crippen LogP) is 1.91. The summed E-state index contributed by atoms with van der Waals surface area (Å²) in [6.07, 6.45) is 10.9. The molecule has 1 aliphatic carbocycles. The van der Waals surface area contributed by atoms with E-state index in [0.29, 0.717) is 23.9 Å². The molecule has 1 unspecified atom stereocenters. The molecule has 0 aromatic carbocycles. The molecule has 1 amide bonds. The average molecular weight is 348 g/mol. The monoisotopic (exact) mass is 348 g/mol. The van der Waals surface area contributed by atoms with Gasteiger partial charge in [-0.15, -0.1) is 0 Å². The zero-order valence-electron chi connectivity index (χ0n) is 13.5. The number of rotatable bonds is 3. The Morgan fingerprint density at radius 1 is 1.25 bits per heavy atom. The van der Waals surface area contributed by atoms with Gasteiger partial charge in [0.2, 0.25) is 5.91 Å². The minimum absolute atomic E-state index is 0.0258. The van der Waals surface area contributed by atoms with Crippen LogP contribution in [0.5, 0.6) is 0 Å². The van der Waals surface area contributed by atoms with E-state index in [1.54, 1.807) is 17.9 Å². The summed E-state index contributed by atoms with van der Waals surface area (Å²) in [4.78, 5) is 16.5. The Bertz CT molecular complexity index is 886. The number of allylic oxidation sites excluding steroid dienone is 2. The highest BCUT2D eigenvalue weighted by molar-refractivity contribution is 7.90. The first-order valence-corrected chi connectivity index (χ1v) is 9.45. The van der Waals surface area contributed by atoms with E-state index in [4.69, 9.17) is 0 Å². The van der Waals surface area contributed by atoms with Crippen LogP contribution in [-0.4, -0.2) is 29.1 Å². The largest absolute Gasteiger partial charge is 0.274 e. The SMILES string of the molecule is Cn1ncc2cc(S(=O)(=O)NC(=O)C3CC/C=C\CCC3)cnc21. The third-order valence-corrected chi connectivity index (χ3v) is 5.55. The molecule has 0 spiro atoms. The van der Waals surface area contributed by atoms with Gasteiger partial charge in [0.15, 0.2) is 5.65 Å². The quantitative estimate of drug-likeness (QED) is 0.855. The lowest BCUT2D eigenvalue weighted by Gasteiger charge is -2.17. The summed E-state index contributed by atoms with van der Waals surface area (Å²) >= 11 is 0. The van der Waals surface area contributed by atoms with Crippen molar-refractivity contribution in [3.8, 4) is 0 Å². The summed E-state index contributed by atoms with van der Waals surface area (Å²) in [6, 6.07) is 1.48. The maximum absolute atomic E-state index is 12.5. The van der Waals surface area contributed by atoms with Gasteiger partial charge in [0, 0.05) is 24.5 Å². The van der Waals surface area contributed by atoms with Crippen LogP contribution in [0.25, 0.3) is 11.0 Å². The molecular formula is C16H20N4O3S. The van der Waals surface area contributed by atoms with Crippen molar-refractivity contribution in [2.75, 3.05) is 0 Å². The lowest BCUT2D eigenvalue weighted by Crippen LogP contribution is -2.36. The van der Waals surface area contributed by atoms with Crippen molar-refractivity contribution in [1.82, 2.24) is 19.5 Å². The zero-order chi connectivity index (χ0) is 17.2. The van der Waals surface area contributed by atoms with Crippen molar-refractivity contribution in [2.24, 2.45) is 13.0 Å². The van der Waals surface area contributed by atoms with Crippen LogP contribution in [0, 0.1) is 5.92 Å². The number of nitrogens with one attached hydrogen (secondary N) is 1. The maximum atomic E-state index is 12.5. The fraction of sp³-hybridized carbons (Fsp3) is 0.438. The summed E-state index contributed by atoms with van der Waals surface area (Å²) < 4.78 is 28.7. The predicted molar refractivity (Wildman–Crippen MR) is 89.6 cm³/mol. The van der Waals surface area contributed by atoms with Crippen molar-refractivity contribution in [3.05, 3.63) is 30.6 Å². The van der Waals surface area contributed by atoms with E-state index in [-0.39, 0.29) is 10.8 Å². The van der Waals surface area contributed by atoms with Crippen LogP contribution in [0.4, 0.5) is 0 Å². The van der Waals surface area contributed by atoms with Gasteiger partial charge in [-0.05, 0) is 38.2 Å². The van der Waals surface area contributed by atoms with Crippen molar-refractivity contribution < 1.29 is 13.2 Å². The van der Waals surface area contributed by atoms with E-state index in [9.17, 15) is 13.2 Å². The lowest BCUT2D eigenvalue weighted by atomic mass is 9.94. The number of aromatic nitrogens is 3. The molecule has 24 heavy (non-hydrogen) atoms. The van der Waals surface area contributed by atoms with E-state index in [0.717, 1.165) is 19.3 Å². The van der Waals surface area contributed by atoms with Gasteiger partial charge < -0.3 is 0 Å². The molecule has 3 rings (SSSR count). The minimum atomic E-state index is -3.93. The Labute approximate surface area is 140 Å². The molecule has 0 aliphatic heterocycles. The minimum Gasteiger partial charge on any atom is -0.274 e. The summed E-state index contributed by atoms with van der Waals surface area (Å²) in [5.74, 6) is -0.712. The first-order valence-electron chi connectivity index (χ1n) is 7.97. The van der Waals surface area contributed by atoms with Crippen LogP contribution in [-0.2, 0) is 21.9 Å². The zero-order valence-corrected chi connectivity index (χ0v) is 14.3. The number of hydrogen-bond acceptors (Lipinski definition) is 5. The molecule has 0 radical (unpaired) electrons. The van der Waals surface area contributed by atoms with Gasteiger partial charge >= 0.3 is 0 Å². The van der Waals surface area contributed by atoms with Crippen LogP contribution in [0.3, 0.4) is 0 Å². The highest BCUT2D eigenvalue weighted by atomic mass is 32.2. The molecule has 7 nitrogen and oxygen atoms in total. The molecule has 2 aromatic rings. The van der Waals surface area contributed by atoms with E-state index in [1.807, 2.05) is 6.08 Å². The summed E-state index contributed by atoms with van der Waals surface area (Å²) in [6.45, 7) is 0. The molecule has 0 saturated carbocycles. The van der Waals surface area contributed by atoms with E-state index >= 15 is 0 Å². The number of aryl methyl sites for hydroxylation is 1. The number of carbonyl (C=O) groups excluding carboxylic acids is 1. The van der Waals surface area contributed by atoms with Crippen molar-refractivity contribution in [1.29, 1.82) is 0 Å². The Kier molecular flexibility index (Phi) is 4.66. The van der Waals surface area contributed by atoms with E-state index in [2.05, 4.69) is 20.9 Å². The number of pyridine rings is 1. The van der Waals surface area contributed by atoms with Crippen molar-refractivity contribution in [2.45, 2.75) is 37.0 Å². The first-order chi connectivity index (χ1) is 11.5. The third-order valence-electron chi connectivity index (χ3n) is 4.23. The van der Waals surface area contributed by atoms with Crippen LogP contribution >= 0.6 is 0 Å². The van der Waals surface area contributed by atoms with Crippen molar-refractivity contribution in [3.63, 3.8) is 0 Å². The van der Waals surface area contributed by atoms with E-state index < -0.39 is 15.9 Å². The topological polar surface area (TPSA) is 94.0 Å². The second-order valence-electron chi connectivity index (χ2n) is 6.00. The number of carbonyl (C=O) groups is 1. The average Bonchev–Trinajstić information content (AvgIpc) is 2.87. The highest BCUT2D eigenvalue weighted by Gasteiger charge is 2.25. The molecule has 0 saturated heterocycles. The summed E-state index contributed by atoms with van der Waals surface area (Å²) in [5.41, 5.74) is 0.590. The Morgan fingerprint density at radius 2 is 2.04 bits per heavy atom. The number of nitrogens with zero attached hydrogens (tertiary/aromatic N) is 3. The number of fused-ring (bicyclic) bond motifs is 1. The first kappa shape index (κ1) is 16.6. The van der Waals surface area contributed by atoms with Gasteiger partial charge in [-0.2, -0.15) is 5.10 Å². The van der Waals surface area contributed by atoms with Gasteiger partial charge in [-0.1, -0.05) is 12.2 Å². The van der Waals surface area contributed by atoms with Gasteiger partial charge in [-0.25, -0.2) is 18.1 Å². The van der Waals surface area contributed by atoms with Crippen LogP contribution in [0.15, 0.2) is 35.5 Å². The standard InChI is InChI=1S/C16H20N4O3S/c1-20-15-13(10-18-20)9-14(11-17-15)24(22,23)19-16(21)12-7-5-3-2-4-6-8-12/h2-3,9-12H,4-8H2,1H3,(H,19,21)/b3-2-. The van der Waals surface area contributed by atoms with Crippen molar-refractivity contribution >= 4 is 27.0 Å². The second kappa shape index (κ2) is 6.72. The van der Waals surface area contributed by atoms with E-state index in [1.165, 1.54) is 12.3 Å². The molecule has 0 fully saturated rings. The molecule has 1 N–H and O–H groups in total. The Morgan fingerprint density at radius 3 is 2.88 bits per heavy atom. The number of amides is 1. The highest BCUT2D eigenvalue weighted by Crippen LogP contribution is 2.21. The van der Waals surface area contributed by atoms with Gasteiger partial charge in [0.05, 0.1) is 6.20 Å². The molecule has 2 heterocycles. The van der Waals surface area contributed by atoms with Gasteiger partial charge in [0.1, 0.15) is 4.90 Å². The normalized spacial score (nSPS) is 20.3. The van der Waals surface area contributed by atoms with Gasteiger partial charge in [-0.3, -0.25) is 9.48 Å². The molecule has 2 aromatic heterocycles. The lowest BCUT2D eigenvalue weighted by molar-refractivity contribution is -0.123. The smallest absolute Gasteiger partial charge is 0.265 e. The van der Waals surface area contributed by atoms with Crippen LogP contribution in [0.1, 0.15) is 32.1 Å².